The SMILES string of the molecule is Cc1cc([N+](=O)[O-])ccc1S(=O)(=O)N[C@@H](C)CN. The quantitative estimate of drug-likeness (QED) is 0.599. The van der Waals surface area contributed by atoms with Crippen molar-refractivity contribution in [3.63, 3.8) is 0 Å². The molecular weight excluding hydrogens is 258 g/mol. The molecule has 18 heavy (non-hydrogen) atoms. The van der Waals surface area contributed by atoms with Gasteiger partial charge in [-0.1, -0.05) is 0 Å². The van der Waals surface area contributed by atoms with Crippen LogP contribution in [0.1, 0.15) is 12.5 Å². The summed E-state index contributed by atoms with van der Waals surface area (Å²) in [7, 11) is -3.70. The van der Waals surface area contributed by atoms with E-state index in [-0.39, 0.29) is 17.1 Å². The number of aryl methyl sites for hydroxylation is 1. The Morgan fingerprint density at radius 1 is 1.50 bits per heavy atom. The summed E-state index contributed by atoms with van der Waals surface area (Å²) in [5.74, 6) is 0. The zero-order valence-electron chi connectivity index (χ0n) is 10.1. The molecule has 7 nitrogen and oxygen atoms in total. The molecule has 0 saturated carbocycles. The first kappa shape index (κ1) is 14.6. The molecule has 100 valence electrons. The minimum absolute atomic E-state index is 0.0217. The van der Waals surface area contributed by atoms with Gasteiger partial charge in [-0.3, -0.25) is 10.1 Å². The molecule has 0 aliphatic rings. The van der Waals surface area contributed by atoms with Gasteiger partial charge >= 0.3 is 0 Å². The van der Waals surface area contributed by atoms with Gasteiger partial charge in [0.25, 0.3) is 5.69 Å². The lowest BCUT2D eigenvalue weighted by molar-refractivity contribution is -0.385. The molecule has 1 aromatic carbocycles. The van der Waals surface area contributed by atoms with Gasteiger partial charge in [0.2, 0.25) is 10.0 Å². The monoisotopic (exact) mass is 273 g/mol. The van der Waals surface area contributed by atoms with Gasteiger partial charge in [-0.25, -0.2) is 13.1 Å². The molecule has 0 amide bonds. The standard InChI is InChI=1S/C10H15N3O4S/c1-7-5-9(13(14)15)3-4-10(7)18(16,17)12-8(2)6-11/h3-5,8,12H,6,11H2,1-2H3/t8-/m0/s1. The maximum atomic E-state index is 12.0. The maximum Gasteiger partial charge on any atom is 0.269 e. The Morgan fingerprint density at radius 2 is 2.11 bits per heavy atom. The summed E-state index contributed by atoms with van der Waals surface area (Å²) in [5.41, 5.74) is 5.52. The van der Waals surface area contributed by atoms with Crippen LogP contribution in [0.25, 0.3) is 0 Å². The molecule has 0 radical (unpaired) electrons. The van der Waals surface area contributed by atoms with Gasteiger partial charge in [-0.2, -0.15) is 0 Å². The second-order valence-electron chi connectivity index (χ2n) is 3.96. The highest BCUT2D eigenvalue weighted by molar-refractivity contribution is 7.89. The third-order valence-corrected chi connectivity index (χ3v) is 4.12. The summed E-state index contributed by atoms with van der Waals surface area (Å²) in [6.45, 7) is 3.32. The number of nitro groups is 1. The minimum Gasteiger partial charge on any atom is -0.329 e. The van der Waals surface area contributed by atoms with E-state index in [1.807, 2.05) is 0 Å². The first-order valence-corrected chi connectivity index (χ1v) is 6.73. The summed E-state index contributed by atoms with van der Waals surface area (Å²) in [6.07, 6.45) is 0. The van der Waals surface area contributed by atoms with E-state index >= 15 is 0 Å². The van der Waals surface area contributed by atoms with Gasteiger partial charge in [0.15, 0.2) is 0 Å². The number of hydrogen-bond donors (Lipinski definition) is 2. The number of nitrogens with one attached hydrogen (secondary N) is 1. The Hall–Kier alpha value is -1.51. The van der Waals surface area contributed by atoms with Crippen LogP contribution in [0.2, 0.25) is 0 Å². The molecule has 0 aliphatic heterocycles. The minimum atomic E-state index is -3.70. The lowest BCUT2D eigenvalue weighted by atomic mass is 10.2. The fourth-order valence-corrected chi connectivity index (χ4v) is 2.91. The predicted octanol–water partition coefficient (Wildman–Crippen LogP) is 0.529. The number of nitrogens with zero attached hydrogens (tertiary/aromatic N) is 1. The number of sulfonamides is 1. The van der Waals surface area contributed by atoms with Crippen molar-refractivity contribution in [1.29, 1.82) is 0 Å². The molecule has 0 unspecified atom stereocenters. The van der Waals surface area contributed by atoms with Crippen LogP contribution in [0.4, 0.5) is 5.69 Å². The van der Waals surface area contributed by atoms with Crippen molar-refractivity contribution in [3.05, 3.63) is 33.9 Å². The maximum absolute atomic E-state index is 12.0. The highest BCUT2D eigenvalue weighted by Gasteiger charge is 2.20. The van der Waals surface area contributed by atoms with Gasteiger partial charge in [0.1, 0.15) is 0 Å². The van der Waals surface area contributed by atoms with Crippen LogP contribution < -0.4 is 10.5 Å². The number of nitrogens with two attached hydrogens (primary N) is 1. The van der Waals surface area contributed by atoms with E-state index < -0.39 is 21.0 Å². The van der Waals surface area contributed by atoms with E-state index in [1.54, 1.807) is 6.92 Å². The fourth-order valence-electron chi connectivity index (χ4n) is 1.43. The highest BCUT2D eigenvalue weighted by atomic mass is 32.2. The summed E-state index contributed by atoms with van der Waals surface area (Å²) in [4.78, 5) is 10.0. The van der Waals surface area contributed by atoms with Crippen molar-refractivity contribution >= 4 is 15.7 Å². The van der Waals surface area contributed by atoms with Crippen LogP contribution in [0, 0.1) is 17.0 Å². The van der Waals surface area contributed by atoms with Crippen LogP contribution in [0.15, 0.2) is 23.1 Å². The summed E-state index contributed by atoms with van der Waals surface area (Å²) in [5, 5.41) is 10.6. The van der Waals surface area contributed by atoms with Crippen molar-refractivity contribution < 1.29 is 13.3 Å². The molecule has 0 saturated heterocycles. The Labute approximate surface area is 105 Å². The Balaban J connectivity index is 3.14. The van der Waals surface area contributed by atoms with E-state index in [9.17, 15) is 18.5 Å². The second kappa shape index (κ2) is 5.42. The molecule has 1 aromatic rings. The fraction of sp³-hybridized carbons (Fsp3) is 0.400. The van der Waals surface area contributed by atoms with Crippen LogP contribution in [0.5, 0.6) is 0 Å². The van der Waals surface area contributed by atoms with Crippen molar-refractivity contribution in [3.8, 4) is 0 Å². The van der Waals surface area contributed by atoms with Crippen molar-refractivity contribution in [2.24, 2.45) is 5.73 Å². The molecule has 1 rings (SSSR count). The normalized spacial score (nSPS) is 13.3. The molecule has 0 aliphatic carbocycles. The van der Waals surface area contributed by atoms with Gasteiger partial charge in [0.05, 0.1) is 9.82 Å². The third-order valence-electron chi connectivity index (χ3n) is 2.37. The lowest BCUT2D eigenvalue weighted by Gasteiger charge is -2.13. The number of hydrogen-bond acceptors (Lipinski definition) is 5. The first-order chi connectivity index (χ1) is 8.27. The van der Waals surface area contributed by atoms with E-state index in [0.717, 1.165) is 6.07 Å². The topological polar surface area (TPSA) is 115 Å². The zero-order valence-corrected chi connectivity index (χ0v) is 10.9. The number of nitro benzene ring substituents is 1. The highest BCUT2D eigenvalue weighted by Crippen LogP contribution is 2.21. The average molecular weight is 273 g/mol. The van der Waals surface area contributed by atoms with Crippen molar-refractivity contribution in [1.82, 2.24) is 4.72 Å². The van der Waals surface area contributed by atoms with Gasteiger partial charge in [-0.15, -0.1) is 0 Å². The number of benzene rings is 1. The van der Waals surface area contributed by atoms with E-state index in [4.69, 9.17) is 5.73 Å². The van der Waals surface area contributed by atoms with Gasteiger partial charge < -0.3 is 5.73 Å². The van der Waals surface area contributed by atoms with E-state index in [2.05, 4.69) is 4.72 Å². The molecule has 0 bridgehead atoms. The molecule has 0 aromatic heterocycles. The van der Waals surface area contributed by atoms with Crippen LogP contribution in [-0.2, 0) is 10.0 Å². The van der Waals surface area contributed by atoms with Crippen LogP contribution >= 0.6 is 0 Å². The first-order valence-electron chi connectivity index (χ1n) is 5.25. The Morgan fingerprint density at radius 3 is 2.56 bits per heavy atom. The van der Waals surface area contributed by atoms with Crippen molar-refractivity contribution in [2.45, 2.75) is 24.8 Å². The molecule has 0 fully saturated rings. The van der Waals surface area contributed by atoms with Gasteiger partial charge in [0, 0.05) is 24.7 Å². The molecular formula is C10H15N3O4S. The van der Waals surface area contributed by atoms with Crippen molar-refractivity contribution in [2.75, 3.05) is 6.54 Å². The lowest BCUT2D eigenvalue weighted by Crippen LogP contribution is -2.38. The van der Waals surface area contributed by atoms with Crippen LogP contribution in [0.3, 0.4) is 0 Å². The number of non-ortho nitro benzene ring substituents is 1. The van der Waals surface area contributed by atoms with E-state index in [0.29, 0.717) is 5.56 Å². The molecule has 0 heterocycles. The summed E-state index contributed by atoms with van der Waals surface area (Å²) >= 11 is 0. The number of rotatable bonds is 5. The largest absolute Gasteiger partial charge is 0.329 e. The second-order valence-corrected chi connectivity index (χ2v) is 5.65. The molecule has 1 atom stereocenters. The predicted molar refractivity (Wildman–Crippen MR) is 66.7 cm³/mol. The summed E-state index contributed by atoms with van der Waals surface area (Å²) in [6, 6.07) is 3.21. The zero-order chi connectivity index (χ0) is 13.9. The van der Waals surface area contributed by atoms with Gasteiger partial charge in [-0.05, 0) is 25.5 Å². The smallest absolute Gasteiger partial charge is 0.269 e. The molecule has 8 heteroatoms. The molecule has 0 spiro atoms. The van der Waals surface area contributed by atoms with E-state index in [1.165, 1.54) is 19.1 Å². The Bertz CT molecular complexity index is 556. The Kier molecular flexibility index (Phi) is 4.38. The molecule has 3 N–H and O–H groups in total. The third kappa shape index (κ3) is 3.25. The van der Waals surface area contributed by atoms with Crippen LogP contribution in [-0.4, -0.2) is 25.9 Å². The average Bonchev–Trinajstić information content (AvgIpc) is 2.27. The summed E-state index contributed by atoms with van der Waals surface area (Å²) < 4.78 is 26.3.